The molecule has 5 rings (SSSR count). The van der Waals surface area contributed by atoms with E-state index in [1.165, 1.54) is 28.4 Å². The van der Waals surface area contributed by atoms with Crippen LogP contribution in [0.3, 0.4) is 0 Å². The fourth-order valence-electron chi connectivity index (χ4n) is 3.91. The van der Waals surface area contributed by atoms with E-state index >= 15 is 0 Å². The van der Waals surface area contributed by atoms with E-state index in [0.29, 0.717) is 21.6 Å². The van der Waals surface area contributed by atoms with Gasteiger partial charge in [0.1, 0.15) is 16.4 Å². The Morgan fingerprint density at radius 3 is 2.75 bits per heavy atom. The number of fused-ring (bicyclic) bond motifs is 2. The lowest BCUT2D eigenvalue weighted by Crippen LogP contribution is -2.29. The lowest BCUT2D eigenvalue weighted by atomic mass is 9.99. The van der Waals surface area contributed by atoms with E-state index in [1.54, 1.807) is 24.3 Å². The van der Waals surface area contributed by atoms with Crippen LogP contribution in [-0.2, 0) is 6.42 Å². The predicted octanol–water partition coefficient (Wildman–Crippen LogP) is 5.39. The van der Waals surface area contributed by atoms with Gasteiger partial charge in [-0.25, -0.2) is 4.39 Å². The molecule has 1 aliphatic heterocycles. The summed E-state index contributed by atoms with van der Waals surface area (Å²) in [6.07, 6.45) is 0.717. The van der Waals surface area contributed by atoms with Gasteiger partial charge in [-0.05, 0) is 41.8 Å². The number of benzene rings is 2. The molecule has 2 aromatic carbocycles. The number of hydrogen-bond acceptors (Lipinski definition) is 6. The van der Waals surface area contributed by atoms with Crippen LogP contribution in [0.15, 0.2) is 51.7 Å². The highest BCUT2D eigenvalue weighted by atomic mass is 35.5. The van der Waals surface area contributed by atoms with E-state index in [4.69, 9.17) is 16.0 Å². The molecular weight excluding hydrogens is 453 g/mol. The molecule has 0 saturated carbocycles. The second-order valence-electron chi connectivity index (χ2n) is 8.02. The van der Waals surface area contributed by atoms with Gasteiger partial charge in [0.05, 0.1) is 17.0 Å². The van der Waals surface area contributed by atoms with Gasteiger partial charge in [-0.3, -0.25) is 14.5 Å². The molecule has 1 aliphatic rings. The van der Waals surface area contributed by atoms with Crippen LogP contribution in [0.5, 0.6) is 0 Å². The second-order valence-corrected chi connectivity index (χ2v) is 9.50. The molecule has 0 N–H and O–H groups in total. The van der Waals surface area contributed by atoms with Gasteiger partial charge in [-0.2, -0.15) is 0 Å². The monoisotopic (exact) mass is 469 g/mol. The minimum Gasteiger partial charge on any atom is -0.450 e. The highest BCUT2D eigenvalue weighted by molar-refractivity contribution is 7.15. The van der Waals surface area contributed by atoms with Crippen LogP contribution in [0.1, 0.15) is 46.6 Å². The minimum atomic E-state index is -0.819. The van der Waals surface area contributed by atoms with E-state index in [9.17, 15) is 14.0 Å². The Morgan fingerprint density at radius 1 is 1.19 bits per heavy atom. The summed E-state index contributed by atoms with van der Waals surface area (Å²) in [4.78, 5) is 28.3. The lowest BCUT2D eigenvalue weighted by Gasteiger charge is -2.22. The fraction of sp³-hybridized carbons (Fsp3) is 0.217. The third-order valence-electron chi connectivity index (χ3n) is 5.24. The molecule has 162 valence electrons. The Labute approximate surface area is 191 Å². The van der Waals surface area contributed by atoms with Crippen LogP contribution >= 0.6 is 22.9 Å². The van der Waals surface area contributed by atoms with Crippen molar-refractivity contribution in [2.75, 3.05) is 4.90 Å². The number of anilines is 1. The second kappa shape index (κ2) is 7.79. The van der Waals surface area contributed by atoms with Crippen molar-refractivity contribution in [1.82, 2.24) is 10.2 Å². The molecule has 0 spiro atoms. The summed E-state index contributed by atoms with van der Waals surface area (Å²) in [6, 6.07) is 9.75. The van der Waals surface area contributed by atoms with Crippen LogP contribution in [0.4, 0.5) is 9.52 Å². The van der Waals surface area contributed by atoms with Crippen LogP contribution in [0.25, 0.3) is 11.0 Å². The summed E-state index contributed by atoms with van der Waals surface area (Å²) in [5.74, 6) is -0.776. The van der Waals surface area contributed by atoms with Crippen molar-refractivity contribution in [3.8, 4) is 0 Å². The van der Waals surface area contributed by atoms with E-state index in [1.807, 2.05) is 0 Å². The van der Waals surface area contributed by atoms with Crippen molar-refractivity contribution in [2.24, 2.45) is 5.92 Å². The number of hydrogen-bond donors (Lipinski definition) is 0. The first-order valence-corrected chi connectivity index (χ1v) is 11.2. The standard InChI is InChI=1S/C23H17ClFN3O3S/c1-11(2)8-17-26-27-23(32-17)28-19(12-4-3-5-13(24)9-12)18-20(29)15-10-14(25)6-7-16(15)31-21(18)22(28)30/h3-7,9-11,19H,8H2,1-2H3/t19-/m1/s1. The molecule has 0 unspecified atom stereocenters. The van der Waals surface area contributed by atoms with Gasteiger partial charge in [0.2, 0.25) is 10.9 Å². The van der Waals surface area contributed by atoms with Crippen molar-refractivity contribution in [1.29, 1.82) is 0 Å². The van der Waals surface area contributed by atoms with E-state index in [-0.39, 0.29) is 22.3 Å². The average molecular weight is 470 g/mol. The maximum atomic E-state index is 13.9. The number of halogens is 2. The topological polar surface area (TPSA) is 76.3 Å². The SMILES string of the molecule is CC(C)Cc1nnc(N2C(=O)c3oc4ccc(F)cc4c(=O)c3[C@H]2c2cccc(Cl)c2)s1. The highest BCUT2D eigenvalue weighted by Gasteiger charge is 2.45. The molecule has 2 aromatic heterocycles. The molecule has 0 radical (unpaired) electrons. The summed E-state index contributed by atoms with van der Waals surface area (Å²) >= 11 is 7.51. The van der Waals surface area contributed by atoms with Crippen LogP contribution in [-0.4, -0.2) is 16.1 Å². The molecule has 0 fully saturated rings. The summed E-state index contributed by atoms with van der Waals surface area (Å²) in [6.45, 7) is 4.14. The van der Waals surface area contributed by atoms with Gasteiger partial charge in [0, 0.05) is 11.4 Å². The summed E-state index contributed by atoms with van der Waals surface area (Å²) in [7, 11) is 0. The van der Waals surface area contributed by atoms with E-state index in [0.717, 1.165) is 17.5 Å². The largest absolute Gasteiger partial charge is 0.450 e. The van der Waals surface area contributed by atoms with Gasteiger partial charge in [0.25, 0.3) is 5.91 Å². The third kappa shape index (κ3) is 3.40. The summed E-state index contributed by atoms with van der Waals surface area (Å²) in [5, 5.41) is 10.1. The molecule has 0 aliphatic carbocycles. The Hall–Kier alpha value is -3.10. The van der Waals surface area contributed by atoms with Crippen molar-refractivity contribution in [2.45, 2.75) is 26.3 Å². The number of nitrogens with zero attached hydrogens (tertiary/aromatic N) is 3. The quantitative estimate of drug-likeness (QED) is 0.400. The van der Waals surface area contributed by atoms with Gasteiger partial charge < -0.3 is 4.42 Å². The molecule has 1 atom stereocenters. The lowest BCUT2D eigenvalue weighted by molar-refractivity contribution is 0.0970. The Bertz CT molecular complexity index is 1430. The molecule has 9 heteroatoms. The molecule has 6 nitrogen and oxygen atoms in total. The minimum absolute atomic E-state index is 0.0724. The third-order valence-corrected chi connectivity index (χ3v) is 6.42. The molecule has 4 aromatic rings. The zero-order chi connectivity index (χ0) is 22.6. The van der Waals surface area contributed by atoms with Crippen LogP contribution < -0.4 is 10.3 Å². The molecule has 0 bridgehead atoms. The molecule has 0 saturated heterocycles. The van der Waals surface area contributed by atoms with Gasteiger partial charge >= 0.3 is 0 Å². The zero-order valence-corrected chi connectivity index (χ0v) is 18.7. The van der Waals surface area contributed by atoms with Crippen molar-refractivity contribution in [3.63, 3.8) is 0 Å². The van der Waals surface area contributed by atoms with Gasteiger partial charge in [-0.1, -0.05) is 48.9 Å². The first-order chi connectivity index (χ1) is 15.3. The number of amides is 1. The normalized spacial score (nSPS) is 15.7. The Kier molecular flexibility index (Phi) is 5.06. The smallest absolute Gasteiger partial charge is 0.297 e. The van der Waals surface area contributed by atoms with E-state index in [2.05, 4.69) is 24.0 Å². The van der Waals surface area contributed by atoms with Crippen molar-refractivity contribution >= 4 is 44.9 Å². The highest BCUT2D eigenvalue weighted by Crippen LogP contribution is 2.42. The number of carbonyl (C=O) groups excluding carboxylic acids is 1. The molecular formula is C23H17ClFN3O3S. The Morgan fingerprint density at radius 2 is 2.00 bits per heavy atom. The number of aromatic nitrogens is 2. The fourth-order valence-corrected chi connectivity index (χ4v) is 5.18. The summed E-state index contributed by atoms with van der Waals surface area (Å²) in [5.41, 5.74) is 0.436. The van der Waals surface area contributed by atoms with Crippen molar-refractivity contribution < 1.29 is 13.6 Å². The zero-order valence-electron chi connectivity index (χ0n) is 17.1. The Balaban J connectivity index is 1.75. The van der Waals surface area contributed by atoms with Gasteiger partial charge in [0.15, 0.2) is 5.43 Å². The first kappa shape index (κ1) is 20.8. The molecule has 3 heterocycles. The average Bonchev–Trinajstić information content (AvgIpc) is 3.30. The maximum Gasteiger partial charge on any atom is 0.297 e. The summed E-state index contributed by atoms with van der Waals surface area (Å²) < 4.78 is 19.7. The number of rotatable bonds is 4. The van der Waals surface area contributed by atoms with Crippen LogP contribution in [0.2, 0.25) is 5.02 Å². The molecule has 1 amide bonds. The maximum absolute atomic E-state index is 13.9. The van der Waals surface area contributed by atoms with E-state index < -0.39 is 23.2 Å². The number of carbonyl (C=O) groups is 1. The molecule has 32 heavy (non-hydrogen) atoms. The van der Waals surface area contributed by atoms with Crippen LogP contribution in [0, 0.1) is 11.7 Å². The first-order valence-electron chi connectivity index (χ1n) is 10.0. The predicted molar refractivity (Wildman–Crippen MR) is 121 cm³/mol. The van der Waals surface area contributed by atoms with Gasteiger partial charge in [-0.15, -0.1) is 10.2 Å². The van der Waals surface area contributed by atoms with Crippen molar-refractivity contribution in [3.05, 3.63) is 85.4 Å².